The van der Waals surface area contributed by atoms with Crippen molar-refractivity contribution in [2.75, 3.05) is 0 Å². The molecular formula is C11H8N2O. The van der Waals surface area contributed by atoms with Crippen LogP contribution >= 0.6 is 0 Å². The lowest BCUT2D eigenvalue weighted by molar-refractivity contribution is 0.473. The number of nitrogens with zero attached hydrogens (tertiary/aromatic N) is 2. The Morgan fingerprint density at radius 1 is 1.29 bits per heavy atom. The first-order chi connectivity index (χ1) is 6.72. The highest BCUT2D eigenvalue weighted by Crippen LogP contribution is 2.48. The van der Waals surface area contributed by atoms with Crippen LogP contribution in [0.15, 0.2) is 18.2 Å². The van der Waals surface area contributed by atoms with Crippen LogP contribution in [-0.4, -0.2) is 5.11 Å². The Bertz CT molecular complexity index is 461. The second kappa shape index (κ2) is 2.75. The van der Waals surface area contributed by atoms with Crippen molar-refractivity contribution in [2.45, 2.75) is 18.3 Å². The van der Waals surface area contributed by atoms with Gasteiger partial charge in [-0.3, -0.25) is 0 Å². The maximum atomic E-state index is 9.29. The number of benzene rings is 1. The minimum atomic E-state index is -0.390. The summed E-state index contributed by atoms with van der Waals surface area (Å²) >= 11 is 0. The van der Waals surface area contributed by atoms with Crippen molar-refractivity contribution >= 4 is 0 Å². The van der Waals surface area contributed by atoms with E-state index in [9.17, 15) is 5.11 Å². The smallest absolute Gasteiger partial charge is 0.133 e. The van der Waals surface area contributed by atoms with Gasteiger partial charge in [0.1, 0.15) is 11.8 Å². The molecule has 68 valence electrons. The van der Waals surface area contributed by atoms with E-state index in [1.165, 1.54) is 6.07 Å². The molecule has 0 saturated heterocycles. The number of nitriles is 2. The summed E-state index contributed by atoms with van der Waals surface area (Å²) in [6, 6.07) is 8.94. The minimum Gasteiger partial charge on any atom is -0.507 e. The fourth-order valence-electron chi connectivity index (χ4n) is 1.51. The Morgan fingerprint density at radius 2 is 2.00 bits per heavy atom. The van der Waals surface area contributed by atoms with Gasteiger partial charge in [0.25, 0.3) is 0 Å². The van der Waals surface area contributed by atoms with Gasteiger partial charge in [0.05, 0.1) is 17.0 Å². The van der Waals surface area contributed by atoms with Gasteiger partial charge >= 0.3 is 0 Å². The van der Waals surface area contributed by atoms with E-state index >= 15 is 0 Å². The van der Waals surface area contributed by atoms with Crippen molar-refractivity contribution in [1.29, 1.82) is 10.5 Å². The third-order valence-electron chi connectivity index (χ3n) is 2.63. The average Bonchev–Trinajstić information content (AvgIpc) is 2.99. The molecule has 1 N–H and O–H groups in total. The summed E-state index contributed by atoms with van der Waals surface area (Å²) in [6.07, 6.45) is 1.69. The monoisotopic (exact) mass is 184 g/mol. The zero-order valence-corrected chi connectivity index (χ0v) is 7.49. The molecule has 0 aliphatic heterocycles. The van der Waals surface area contributed by atoms with E-state index in [2.05, 4.69) is 6.07 Å². The number of phenolic OH excluding ortho intramolecular Hbond substituents is 1. The van der Waals surface area contributed by atoms with Gasteiger partial charge in [0.15, 0.2) is 0 Å². The third-order valence-corrected chi connectivity index (χ3v) is 2.63. The number of hydrogen-bond donors (Lipinski definition) is 1. The van der Waals surface area contributed by atoms with E-state index < -0.39 is 0 Å². The van der Waals surface area contributed by atoms with Crippen LogP contribution in [0, 0.1) is 22.7 Å². The first-order valence-corrected chi connectivity index (χ1v) is 4.37. The molecule has 0 bridgehead atoms. The van der Waals surface area contributed by atoms with Crippen LogP contribution in [0.4, 0.5) is 0 Å². The Balaban J connectivity index is 2.49. The Hall–Kier alpha value is -2.00. The van der Waals surface area contributed by atoms with E-state index in [1.807, 2.05) is 6.07 Å². The number of hydrogen-bond acceptors (Lipinski definition) is 3. The van der Waals surface area contributed by atoms with Gasteiger partial charge < -0.3 is 5.11 Å². The van der Waals surface area contributed by atoms with Gasteiger partial charge in [-0.15, -0.1) is 0 Å². The van der Waals surface area contributed by atoms with Crippen molar-refractivity contribution in [3.8, 4) is 17.9 Å². The maximum absolute atomic E-state index is 9.29. The molecule has 14 heavy (non-hydrogen) atoms. The summed E-state index contributed by atoms with van der Waals surface area (Å²) in [5.41, 5.74) is 0.692. The standard InChI is InChI=1S/C11H8N2O/c12-6-8-5-9(1-2-10(8)14)11(7-13)3-4-11/h1-2,5,14H,3-4H2. The zero-order valence-electron chi connectivity index (χ0n) is 7.49. The van der Waals surface area contributed by atoms with Crippen LogP contribution < -0.4 is 0 Å². The molecule has 0 amide bonds. The summed E-state index contributed by atoms with van der Waals surface area (Å²) in [5, 5.41) is 26.9. The molecule has 0 atom stereocenters. The van der Waals surface area contributed by atoms with Crippen molar-refractivity contribution < 1.29 is 5.11 Å². The third kappa shape index (κ3) is 1.11. The lowest BCUT2D eigenvalue weighted by atomic mass is 9.96. The lowest BCUT2D eigenvalue weighted by Gasteiger charge is -2.06. The van der Waals surface area contributed by atoms with Crippen LogP contribution in [0.2, 0.25) is 0 Å². The number of phenols is 1. The van der Waals surface area contributed by atoms with Crippen LogP contribution in [0.5, 0.6) is 5.75 Å². The predicted octanol–water partition coefficient (Wildman–Crippen LogP) is 1.82. The summed E-state index contributed by atoms with van der Waals surface area (Å²) < 4.78 is 0. The highest BCUT2D eigenvalue weighted by Gasteiger charge is 2.45. The van der Waals surface area contributed by atoms with Crippen molar-refractivity contribution in [3.05, 3.63) is 29.3 Å². The minimum absolute atomic E-state index is 0.0232. The van der Waals surface area contributed by atoms with E-state index in [-0.39, 0.29) is 16.7 Å². The summed E-state index contributed by atoms with van der Waals surface area (Å²) in [4.78, 5) is 0. The van der Waals surface area contributed by atoms with Gasteiger partial charge in [-0.2, -0.15) is 10.5 Å². The lowest BCUT2D eigenvalue weighted by Crippen LogP contribution is -2.02. The summed E-state index contributed by atoms with van der Waals surface area (Å²) in [5.74, 6) is -0.0232. The summed E-state index contributed by atoms with van der Waals surface area (Å²) in [7, 11) is 0. The second-order valence-corrected chi connectivity index (χ2v) is 3.54. The first kappa shape index (κ1) is 8.59. The molecule has 0 aromatic heterocycles. The van der Waals surface area contributed by atoms with E-state index in [0.29, 0.717) is 0 Å². The van der Waals surface area contributed by atoms with Crippen molar-refractivity contribution in [2.24, 2.45) is 0 Å². The van der Waals surface area contributed by atoms with Crippen LogP contribution in [0.1, 0.15) is 24.0 Å². The van der Waals surface area contributed by atoms with Crippen molar-refractivity contribution in [3.63, 3.8) is 0 Å². The van der Waals surface area contributed by atoms with Gasteiger partial charge in [0, 0.05) is 0 Å². The second-order valence-electron chi connectivity index (χ2n) is 3.54. The highest BCUT2D eigenvalue weighted by molar-refractivity contribution is 5.49. The molecule has 3 heteroatoms. The predicted molar refractivity (Wildman–Crippen MR) is 49.3 cm³/mol. The topological polar surface area (TPSA) is 67.8 Å². The maximum Gasteiger partial charge on any atom is 0.133 e. The molecule has 1 aromatic rings. The highest BCUT2D eigenvalue weighted by atomic mass is 16.3. The van der Waals surface area contributed by atoms with Gasteiger partial charge in [-0.05, 0) is 30.5 Å². The van der Waals surface area contributed by atoms with Gasteiger partial charge in [-0.25, -0.2) is 0 Å². The summed E-state index contributed by atoms with van der Waals surface area (Å²) in [6.45, 7) is 0. The fraction of sp³-hybridized carbons (Fsp3) is 0.273. The molecule has 1 saturated carbocycles. The van der Waals surface area contributed by atoms with Crippen LogP contribution in [-0.2, 0) is 5.41 Å². The SMILES string of the molecule is N#Cc1cc(C2(C#N)CC2)ccc1O. The number of aromatic hydroxyl groups is 1. The van der Waals surface area contributed by atoms with E-state index in [1.54, 1.807) is 12.1 Å². The first-order valence-electron chi connectivity index (χ1n) is 4.37. The normalized spacial score (nSPS) is 16.7. The molecule has 2 rings (SSSR count). The van der Waals surface area contributed by atoms with Crippen molar-refractivity contribution in [1.82, 2.24) is 0 Å². The molecule has 1 aromatic carbocycles. The zero-order chi connectivity index (χ0) is 10.2. The van der Waals surface area contributed by atoms with E-state index in [4.69, 9.17) is 10.5 Å². The van der Waals surface area contributed by atoms with Crippen LogP contribution in [0.25, 0.3) is 0 Å². The largest absolute Gasteiger partial charge is 0.507 e. The van der Waals surface area contributed by atoms with Crippen LogP contribution in [0.3, 0.4) is 0 Å². The van der Waals surface area contributed by atoms with Gasteiger partial charge in [0.2, 0.25) is 0 Å². The molecule has 1 aliphatic carbocycles. The Morgan fingerprint density at radius 3 is 2.50 bits per heavy atom. The molecule has 0 spiro atoms. The average molecular weight is 184 g/mol. The van der Waals surface area contributed by atoms with E-state index in [0.717, 1.165) is 18.4 Å². The van der Waals surface area contributed by atoms with Gasteiger partial charge in [-0.1, -0.05) is 6.07 Å². The molecule has 0 heterocycles. The quantitative estimate of drug-likeness (QED) is 0.723. The Labute approximate surface area is 81.8 Å². The molecule has 0 unspecified atom stereocenters. The molecule has 1 fully saturated rings. The molecule has 3 nitrogen and oxygen atoms in total. The molecular weight excluding hydrogens is 176 g/mol. The Kier molecular flexibility index (Phi) is 1.69. The molecule has 1 aliphatic rings. The fourth-order valence-corrected chi connectivity index (χ4v) is 1.51. The number of rotatable bonds is 1. The molecule has 0 radical (unpaired) electrons.